The van der Waals surface area contributed by atoms with Crippen LogP contribution in [0.3, 0.4) is 0 Å². The molecule has 1 aromatic heterocycles. The van der Waals surface area contributed by atoms with Crippen LogP contribution < -0.4 is 5.32 Å². The normalized spacial score (nSPS) is 23.2. The summed E-state index contributed by atoms with van der Waals surface area (Å²) in [5.41, 5.74) is 2.36. The molecule has 2 atom stereocenters. The van der Waals surface area contributed by atoms with E-state index in [1.54, 1.807) is 6.20 Å². The number of nitrogens with one attached hydrogen (secondary N) is 1. The number of carboxylic acids is 1. The third-order valence-corrected chi connectivity index (χ3v) is 3.22. The maximum Gasteiger partial charge on any atom is 0.332 e. The van der Waals surface area contributed by atoms with E-state index in [9.17, 15) is 4.79 Å². The average Bonchev–Trinajstić information content (AvgIpc) is 2.80. The SMILES string of the molecule is Cc1ccncc1CNCC1CCC(C(=O)O)O1. The van der Waals surface area contributed by atoms with E-state index >= 15 is 0 Å². The first-order chi connectivity index (χ1) is 8.66. The molecule has 1 aromatic rings. The van der Waals surface area contributed by atoms with Crippen LogP contribution in [0.4, 0.5) is 0 Å². The minimum absolute atomic E-state index is 0.00285. The summed E-state index contributed by atoms with van der Waals surface area (Å²) >= 11 is 0. The van der Waals surface area contributed by atoms with Gasteiger partial charge in [-0.15, -0.1) is 0 Å². The fourth-order valence-corrected chi connectivity index (χ4v) is 2.09. The summed E-state index contributed by atoms with van der Waals surface area (Å²) in [7, 11) is 0. The summed E-state index contributed by atoms with van der Waals surface area (Å²) in [4.78, 5) is 14.8. The number of ether oxygens (including phenoxy) is 1. The van der Waals surface area contributed by atoms with Crippen LogP contribution in [0.1, 0.15) is 24.0 Å². The van der Waals surface area contributed by atoms with Crippen LogP contribution in [0.2, 0.25) is 0 Å². The molecule has 2 N–H and O–H groups in total. The number of hydrogen-bond acceptors (Lipinski definition) is 4. The van der Waals surface area contributed by atoms with Gasteiger partial charge in [0.05, 0.1) is 6.10 Å². The number of nitrogens with zero attached hydrogens (tertiary/aromatic N) is 1. The lowest BCUT2D eigenvalue weighted by Crippen LogP contribution is -2.28. The number of rotatable bonds is 5. The first-order valence-electron chi connectivity index (χ1n) is 6.15. The van der Waals surface area contributed by atoms with Gasteiger partial charge >= 0.3 is 5.97 Å². The number of aliphatic carboxylic acids is 1. The minimum atomic E-state index is -0.861. The van der Waals surface area contributed by atoms with Crippen molar-refractivity contribution in [3.8, 4) is 0 Å². The van der Waals surface area contributed by atoms with Crippen LogP contribution in [-0.2, 0) is 16.1 Å². The molecule has 98 valence electrons. The van der Waals surface area contributed by atoms with Gasteiger partial charge in [0.1, 0.15) is 0 Å². The van der Waals surface area contributed by atoms with E-state index in [2.05, 4.69) is 10.3 Å². The van der Waals surface area contributed by atoms with E-state index in [1.807, 2.05) is 19.2 Å². The van der Waals surface area contributed by atoms with Crippen LogP contribution >= 0.6 is 0 Å². The Hall–Kier alpha value is -1.46. The number of hydrogen-bond donors (Lipinski definition) is 2. The summed E-state index contributed by atoms with van der Waals surface area (Å²) in [5, 5.41) is 12.1. The molecule has 5 heteroatoms. The third kappa shape index (κ3) is 3.27. The molecule has 2 unspecified atom stereocenters. The van der Waals surface area contributed by atoms with Crippen molar-refractivity contribution in [2.45, 2.75) is 38.5 Å². The Morgan fingerprint density at radius 3 is 3.11 bits per heavy atom. The van der Waals surface area contributed by atoms with Crippen molar-refractivity contribution in [3.05, 3.63) is 29.6 Å². The Morgan fingerprint density at radius 1 is 1.61 bits per heavy atom. The summed E-state index contributed by atoms with van der Waals surface area (Å²) < 4.78 is 5.41. The van der Waals surface area contributed by atoms with Gasteiger partial charge < -0.3 is 15.2 Å². The van der Waals surface area contributed by atoms with Gasteiger partial charge in [-0.1, -0.05) is 0 Å². The molecule has 0 spiro atoms. The lowest BCUT2D eigenvalue weighted by molar-refractivity contribution is -0.149. The number of carboxylic acid groups (broad SMARTS) is 1. The van der Waals surface area contributed by atoms with E-state index < -0.39 is 12.1 Å². The first kappa shape index (κ1) is 13.0. The van der Waals surface area contributed by atoms with E-state index in [0.29, 0.717) is 13.0 Å². The van der Waals surface area contributed by atoms with Gasteiger partial charge in [-0.05, 0) is 37.0 Å². The zero-order chi connectivity index (χ0) is 13.0. The maximum absolute atomic E-state index is 10.7. The topological polar surface area (TPSA) is 71.5 Å². The Balaban J connectivity index is 1.74. The molecule has 1 fully saturated rings. The highest BCUT2D eigenvalue weighted by molar-refractivity contribution is 5.72. The van der Waals surface area contributed by atoms with Crippen molar-refractivity contribution in [1.29, 1.82) is 0 Å². The van der Waals surface area contributed by atoms with Gasteiger partial charge in [-0.3, -0.25) is 4.98 Å². The highest BCUT2D eigenvalue weighted by Gasteiger charge is 2.29. The first-order valence-corrected chi connectivity index (χ1v) is 6.15. The molecule has 0 bridgehead atoms. The number of aromatic nitrogens is 1. The van der Waals surface area contributed by atoms with Crippen LogP contribution in [0.5, 0.6) is 0 Å². The molecule has 0 radical (unpaired) electrons. The van der Waals surface area contributed by atoms with E-state index in [4.69, 9.17) is 9.84 Å². The average molecular weight is 250 g/mol. The van der Waals surface area contributed by atoms with Gasteiger partial charge in [0.2, 0.25) is 0 Å². The highest BCUT2D eigenvalue weighted by atomic mass is 16.5. The van der Waals surface area contributed by atoms with Crippen molar-refractivity contribution in [1.82, 2.24) is 10.3 Å². The minimum Gasteiger partial charge on any atom is -0.479 e. The molecule has 18 heavy (non-hydrogen) atoms. The molecule has 5 nitrogen and oxygen atoms in total. The Kier molecular flexibility index (Phi) is 4.28. The van der Waals surface area contributed by atoms with Crippen LogP contribution in [0.15, 0.2) is 18.5 Å². The standard InChI is InChI=1S/C13H18N2O3/c1-9-4-5-14-6-10(9)7-15-8-11-2-3-12(18-11)13(16)17/h4-6,11-12,15H,2-3,7-8H2,1H3,(H,16,17). The van der Waals surface area contributed by atoms with Crippen molar-refractivity contribution in [2.75, 3.05) is 6.54 Å². The lowest BCUT2D eigenvalue weighted by atomic mass is 10.1. The van der Waals surface area contributed by atoms with Crippen molar-refractivity contribution in [3.63, 3.8) is 0 Å². The second-order valence-electron chi connectivity index (χ2n) is 4.60. The molecule has 0 saturated carbocycles. The maximum atomic E-state index is 10.7. The molecule has 0 amide bonds. The van der Waals surface area contributed by atoms with Crippen molar-refractivity contribution in [2.24, 2.45) is 0 Å². The summed E-state index contributed by atoms with van der Waals surface area (Å²) in [6.07, 6.45) is 4.40. The third-order valence-electron chi connectivity index (χ3n) is 3.22. The van der Waals surface area contributed by atoms with Gasteiger partial charge in [-0.2, -0.15) is 0 Å². The quantitative estimate of drug-likeness (QED) is 0.819. The second kappa shape index (κ2) is 5.93. The molecular formula is C13H18N2O3. The molecule has 2 rings (SSSR count). The predicted molar refractivity (Wildman–Crippen MR) is 66.2 cm³/mol. The molecule has 1 saturated heterocycles. The van der Waals surface area contributed by atoms with Crippen LogP contribution in [0, 0.1) is 6.92 Å². The largest absolute Gasteiger partial charge is 0.479 e. The monoisotopic (exact) mass is 250 g/mol. The Morgan fingerprint density at radius 2 is 2.44 bits per heavy atom. The summed E-state index contributed by atoms with van der Waals surface area (Å²) in [6, 6.07) is 1.98. The van der Waals surface area contributed by atoms with Crippen LogP contribution in [0.25, 0.3) is 0 Å². The predicted octanol–water partition coefficient (Wildman–Crippen LogP) is 1.11. The summed E-state index contributed by atoms with van der Waals surface area (Å²) in [5.74, 6) is -0.861. The Labute approximate surface area is 106 Å². The van der Waals surface area contributed by atoms with Crippen molar-refractivity contribution >= 4 is 5.97 Å². The number of carbonyl (C=O) groups is 1. The fraction of sp³-hybridized carbons (Fsp3) is 0.538. The van der Waals surface area contributed by atoms with Gasteiger partial charge in [0.15, 0.2) is 6.10 Å². The number of aryl methyl sites for hydroxylation is 1. The molecule has 1 aliphatic heterocycles. The van der Waals surface area contributed by atoms with E-state index in [-0.39, 0.29) is 6.10 Å². The zero-order valence-corrected chi connectivity index (χ0v) is 10.4. The zero-order valence-electron chi connectivity index (χ0n) is 10.4. The Bertz CT molecular complexity index is 422. The number of pyridine rings is 1. The smallest absolute Gasteiger partial charge is 0.332 e. The van der Waals surface area contributed by atoms with Crippen molar-refractivity contribution < 1.29 is 14.6 Å². The van der Waals surface area contributed by atoms with Crippen LogP contribution in [-0.4, -0.2) is 34.8 Å². The second-order valence-corrected chi connectivity index (χ2v) is 4.60. The molecule has 0 aliphatic carbocycles. The summed E-state index contributed by atoms with van der Waals surface area (Å²) in [6.45, 7) is 3.46. The van der Waals surface area contributed by atoms with E-state index in [0.717, 1.165) is 18.5 Å². The van der Waals surface area contributed by atoms with E-state index in [1.165, 1.54) is 5.56 Å². The molecular weight excluding hydrogens is 232 g/mol. The highest BCUT2D eigenvalue weighted by Crippen LogP contribution is 2.19. The molecule has 2 heterocycles. The van der Waals surface area contributed by atoms with Gasteiger partial charge in [0.25, 0.3) is 0 Å². The lowest BCUT2D eigenvalue weighted by Gasteiger charge is -2.13. The molecule has 1 aliphatic rings. The fourth-order valence-electron chi connectivity index (χ4n) is 2.09. The molecule has 0 aromatic carbocycles. The van der Waals surface area contributed by atoms with Gasteiger partial charge in [0, 0.05) is 25.5 Å². The van der Waals surface area contributed by atoms with Gasteiger partial charge in [-0.25, -0.2) is 4.79 Å².